The Kier molecular flexibility index (Phi) is 6.19. The quantitative estimate of drug-likeness (QED) is 0.415. The fraction of sp³-hybridized carbons (Fsp3) is 0.500. The van der Waals surface area contributed by atoms with Crippen LogP contribution in [-0.4, -0.2) is 6.10 Å². The third kappa shape index (κ3) is 3.83. The van der Waals surface area contributed by atoms with Crippen LogP contribution in [0.5, 0.6) is 0 Å². The van der Waals surface area contributed by atoms with Crippen LogP contribution in [0.1, 0.15) is 77.8 Å². The molecule has 3 aliphatic carbocycles. The maximum absolute atomic E-state index is 9.86. The summed E-state index contributed by atoms with van der Waals surface area (Å²) in [5.41, 5.74) is 3.91. The Morgan fingerprint density at radius 1 is 0.944 bits per heavy atom. The number of hydrogen-bond donors (Lipinski definition) is 0. The van der Waals surface area contributed by atoms with E-state index < -0.39 is 5.41 Å². The number of ether oxygens (including phenoxy) is 1. The molecule has 2 nitrogen and oxygen atoms in total. The van der Waals surface area contributed by atoms with Crippen LogP contribution in [0.15, 0.2) is 84.1 Å². The first-order valence-electron chi connectivity index (χ1n) is 13.7. The molecule has 2 aromatic carbocycles. The van der Waals surface area contributed by atoms with E-state index in [0.717, 1.165) is 12.2 Å². The summed E-state index contributed by atoms with van der Waals surface area (Å²) in [6.07, 6.45) is 7.75. The van der Waals surface area contributed by atoms with Gasteiger partial charge in [0.25, 0.3) is 0 Å². The molecule has 0 heterocycles. The molecule has 5 rings (SSSR count). The Morgan fingerprint density at radius 3 is 2.08 bits per heavy atom. The van der Waals surface area contributed by atoms with E-state index in [-0.39, 0.29) is 28.8 Å². The molecule has 0 amide bonds. The summed E-state index contributed by atoms with van der Waals surface area (Å²) in [6.45, 7) is 13.7. The van der Waals surface area contributed by atoms with Gasteiger partial charge in [-0.2, -0.15) is 5.26 Å². The highest BCUT2D eigenvalue weighted by atomic mass is 16.5. The molecule has 2 saturated carbocycles. The Bertz CT molecular complexity index is 1160. The van der Waals surface area contributed by atoms with Crippen molar-refractivity contribution in [2.24, 2.45) is 34.0 Å². The normalized spacial score (nSPS) is 31.1. The predicted octanol–water partition coefficient (Wildman–Crippen LogP) is 8.68. The minimum atomic E-state index is -0.419. The standard InChI is InChI=1S/C34H41NO/c1-23-17-18-26(21-28(23)32(2,3)22-35)36-31-30(27-19-20-34(31,6)33(27,4)5)29(24-13-9-7-10-14-24)25-15-11-8-12-16-25/h7-18,27-31H,19-21H2,1-6H3/t27-,28-,30+,31-,34+/m1/s1. The molecule has 2 heteroatoms. The number of benzene rings is 2. The first-order chi connectivity index (χ1) is 17.1. The molecule has 188 valence electrons. The lowest BCUT2D eigenvalue weighted by Gasteiger charge is -2.43. The largest absolute Gasteiger partial charge is 0.494 e. The van der Waals surface area contributed by atoms with E-state index in [1.807, 2.05) is 0 Å². The van der Waals surface area contributed by atoms with Gasteiger partial charge in [0.1, 0.15) is 6.10 Å². The summed E-state index contributed by atoms with van der Waals surface area (Å²) >= 11 is 0. The van der Waals surface area contributed by atoms with Gasteiger partial charge in [0.05, 0.1) is 17.2 Å². The molecule has 0 unspecified atom stereocenters. The fourth-order valence-electron chi connectivity index (χ4n) is 7.88. The van der Waals surface area contributed by atoms with Crippen LogP contribution in [-0.2, 0) is 4.74 Å². The summed E-state index contributed by atoms with van der Waals surface area (Å²) in [6, 6.07) is 24.7. The molecule has 0 saturated heterocycles. The Hall–Kier alpha value is -2.79. The first-order valence-corrected chi connectivity index (χ1v) is 13.7. The molecule has 2 bridgehead atoms. The molecule has 5 atom stereocenters. The van der Waals surface area contributed by atoms with Crippen LogP contribution in [0.4, 0.5) is 0 Å². The van der Waals surface area contributed by atoms with E-state index in [1.54, 1.807) is 0 Å². The van der Waals surface area contributed by atoms with Crippen LogP contribution >= 0.6 is 0 Å². The van der Waals surface area contributed by atoms with Crippen molar-refractivity contribution in [2.45, 2.75) is 72.8 Å². The van der Waals surface area contributed by atoms with E-state index >= 15 is 0 Å². The van der Waals surface area contributed by atoms with Gasteiger partial charge >= 0.3 is 0 Å². The molecule has 0 aliphatic heterocycles. The minimum absolute atomic E-state index is 0.0986. The molecule has 0 aromatic heterocycles. The zero-order valence-corrected chi connectivity index (χ0v) is 22.8. The number of nitriles is 1. The number of allylic oxidation sites excluding steroid dienone is 4. The van der Waals surface area contributed by atoms with E-state index in [1.165, 1.54) is 29.5 Å². The van der Waals surface area contributed by atoms with Crippen molar-refractivity contribution >= 4 is 0 Å². The van der Waals surface area contributed by atoms with Crippen molar-refractivity contribution in [3.63, 3.8) is 0 Å². The summed E-state index contributed by atoms with van der Waals surface area (Å²) in [4.78, 5) is 0. The van der Waals surface area contributed by atoms with Crippen molar-refractivity contribution in [1.29, 1.82) is 5.26 Å². The average molecular weight is 480 g/mol. The molecule has 2 aromatic rings. The van der Waals surface area contributed by atoms with Crippen molar-refractivity contribution in [1.82, 2.24) is 0 Å². The van der Waals surface area contributed by atoms with E-state index in [9.17, 15) is 5.26 Å². The first kappa shape index (κ1) is 24.9. The van der Waals surface area contributed by atoms with Crippen LogP contribution < -0.4 is 0 Å². The van der Waals surface area contributed by atoms with Gasteiger partial charge < -0.3 is 4.74 Å². The predicted molar refractivity (Wildman–Crippen MR) is 147 cm³/mol. The van der Waals surface area contributed by atoms with Crippen LogP contribution in [0.2, 0.25) is 0 Å². The van der Waals surface area contributed by atoms with Crippen LogP contribution in [0.3, 0.4) is 0 Å². The van der Waals surface area contributed by atoms with Gasteiger partial charge in [-0.25, -0.2) is 0 Å². The highest BCUT2D eigenvalue weighted by molar-refractivity contribution is 5.37. The zero-order chi connectivity index (χ0) is 25.7. The van der Waals surface area contributed by atoms with Crippen molar-refractivity contribution in [2.75, 3.05) is 0 Å². The zero-order valence-electron chi connectivity index (χ0n) is 22.8. The fourth-order valence-corrected chi connectivity index (χ4v) is 7.88. The molecule has 0 spiro atoms. The number of fused-ring (bicyclic) bond motifs is 2. The van der Waals surface area contributed by atoms with Gasteiger partial charge in [-0.05, 0) is 62.1 Å². The van der Waals surface area contributed by atoms with Crippen molar-refractivity contribution in [3.05, 3.63) is 95.3 Å². The summed E-state index contributed by atoms with van der Waals surface area (Å²) < 4.78 is 7.19. The van der Waals surface area contributed by atoms with Crippen molar-refractivity contribution in [3.8, 4) is 6.07 Å². The number of rotatable bonds is 6. The van der Waals surface area contributed by atoms with E-state index in [0.29, 0.717) is 11.8 Å². The average Bonchev–Trinajstić information content (AvgIpc) is 3.20. The highest BCUT2D eigenvalue weighted by Gasteiger charge is 2.68. The lowest BCUT2D eigenvalue weighted by Crippen LogP contribution is -2.42. The van der Waals surface area contributed by atoms with E-state index in [2.05, 4.69) is 120 Å². The molecular formula is C34H41NO. The topological polar surface area (TPSA) is 33.0 Å². The monoisotopic (exact) mass is 479 g/mol. The smallest absolute Gasteiger partial charge is 0.108 e. The molecule has 0 N–H and O–H groups in total. The van der Waals surface area contributed by atoms with E-state index in [4.69, 9.17) is 4.74 Å². The van der Waals surface area contributed by atoms with Gasteiger partial charge in [-0.15, -0.1) is 0 Å². The van der Waals surface area contributed by atoms with Gasteiger partial charge in [-0.3, -0.25) is 0 Å². The maximum Gasteiger partial charge on any atom is 0.108 e. The Morgan fingerprint density at radius 2 is 1.53 bits per heavy atom. The number of nitrogens with zero attached hydrogens (tertiary/aromatic N) is 1. The maximum atomic E-state index is 9.86. The van der Waals surface area contributed by atoms with Gasteiger partial charge in [0.2, 0.25) is 0 Å². The minimum Gasteiger partial charge on any atom is -0.494 e. The second-order valence-electron chi connectivity index (χ2n) is 12.8. The third-order valence-corrected chi connectivity index (χ3v) is 10.4. The van der Waals surface area contributed by atoms with Gasteiger partial charge in [0.15, 0.2) is 0 Å². The molecule has 2 fully saturated rings. The molecule has 36 heavy (non-hydrogen) atoms. The lowest BCUT2D eigenvalue weighted by atomic mass is 9.68. The van der Waals surface area contributed by atoms with Gasteiger partial charge in [0, 0.05) is 29.6 Å². The molecule has 0 radical (unpaired) electrons. The van der Waals surface area contributed by atoms with Gasteiger partial charge in [-0.1, -0.05) is 93.1 Å². The molecule has 3 aliphatic rings. The SMILES string of the molecule is CC1=CC=C(O[C@@H]2[C@H](C(c3ccccc3)c3ccccc3)[C@H]3CC[C@]2(C)C3(C)C)C[C@H]1C(C)(C)C#N. The number of hydrogen-bond acceptors (Lipinski definition) is 2. The highest BCUT2D eigenvalue weighted by Crippen LogP contribution is 2.71. The third-order valence-electron chi connectivity index (χ3n) is 10.4. The summed E-state index contributed by atoms with van der Waals surface area (Å²) in [7, 11) is 0. The second kappa shape index (κ2) is 8.95. The van der Waals surface area contributed by atoms with Crippen molar-refractivity contribution < 1.29 is 4.74 Å². The van der Waals surface area contributed by atoms with Crippen LogP contribution in [0.25, 0.3) is 0 Å². The Labute approximate surface area is 218 Å². The molecular weight excluding hydrogens is 438 g/mol. The summed E-state index contributed by atoms with van der Waals surface area (Å²) in [5.74, 6) is 2.49. The second-order valence-corrected chi connectivity index (χ2v) is 12.8. The Balaban J connectivity index is 1.57. The van der Waals surface area contributed by atoms with Crippen LogP contribution in [0, 0.1) is 45.3 Å². The lowest BCUT2D eigenvalue weighted by molar-refractivity contribution is -0.0435. The summed E-state index contributed by atoms with van der Waals surface area (Å²) in [5, 5.41) is 9.86.